The summed E-state index contributed by atoms with van der Waals surface area (Å²) in [5.41, 5.74) is 0.190. The average molecular weight is 336 g/mol. The first kappa shape index (κ1) is 17.7. The van der Waals surface area contributed by atoms with E-state index in [4.69, 9.17) is 9.47 Å². The van der Waals surface area contributed by atoms with Gasteiger partial charge in [-0.1, -0.05) is 20.8 Å². The van der Waals surface area contributed by atoms with E-state index in [-0.39, 0.29) is 36.4 Å². The van der Waals surface area contributed by atoms with Crippen molar-refractivity contribution in [1.29, 1.82) is 0 Å². The highest BCUT2D eigenvalue weighted by Crippen LogP contribution is 2.38. The van der Waals surface area contributed by atoms with Gasteiger partial charge in [0.2, 0.25) is 0 Å². The molecule has 0 fully saturated rings. The molecule has 1 aromatic carbocycles. The maximum absolute atomic E-state index is 12.6. The molecule has 8 heteroatoms. The van der Waals surface area contributed by atoms with E-state index < -0.39 is 17.0 Å². The largest absolute Gasteiger partial charge is 0.478 e. The van der Waals surface area contributed by atoms with Gasteiger partial charge in [0.15, 0.2) is 11.9 Å². The molecule has 0 aromatic heterocycles. The van der Waals surface area contributed by atoms with Crippen LogP contribution in [0.3, 0.4) is 0 Å². The lowest BCUT2D eigenvalue weighted by Gasteiger charge is -2.35. The lowest BCUT2D eigenvalue weighted by molar-refractivity contribution is -0.384. The monoisotopic (exact) mass is 336 g/mol. The van der Waals surface area contributed by atoms with Gasteiger partial charge in [-0.3, -0.25) is 24.6 Å². The minimum Gasteiger partial charge on any atom is -0.478 e. The standard InChI is InChI=1S/C16H20N2O6/c1-4-7-23-14(19)9-17-12-6-5-11(18(21)22)8-13(12)24-15(10(2)3)16(17)20/h5-6,8,10,15H,4,7,9H2,1-3H3. The Morgan fingerprint density at radius 1 is 1.46 bits per heavy atom. The molecular formula is C16H20N2O6. The van der Waals surface area contributed by atoms with Crippen molar-refractivity contribution in [1.82, 2.24) is 0 Å². The van der Waals surface area contributed by atoms with Crippen LogP contribution in [-0.4, -0.2) is 36.1 Å². The van der Waals surface area contributed by atoms with E-state index in [1.165, 1.54) is 23.1 Å². The van der Waals surface area contributed by atoms with Crippen molar-refractivity contribution in [2.75, 3.05) is 18.1 Å². The van der Waals surface area contributed by atoms with E-state index in [1.54, 1.807) is 13.8 Å². The summed E-state index contributed by atoms with van der Waals surface area (Å²) in [4.78, 5) is 36.2. The van der Waals surface area contributed by atoms with Crippen LogP contribution >= 0.6 is 0 Å². The van der Waals surface area contributed by atoms with Gasteiger partial charge in [-0.15, -0.1) is 0 Å². The third kappa shape index (κ3) is 3.64. The van der Waals surface area contributed by atoms with Crippen molar-refractivity contribution >= 4 is 23.3 Å². The predicted molar refractivity (Wildman–Crippen MR) is 86.0 cm³/mol. The number of non-ortho nitro benzene ring substituents is 1. The van der Waals surface area contributed by atoms with Crippen molar-refractivity contribution in [2.45, 2.75) is 33.3 Å². The Morgan fingerprint density at radius 3 is 2.75 bits per heavy atom. The van der Waals surface area contributed by atoms with Crippen LogP contribution in [0.5, 0.6) is 5.75 Å². The number of hydrogen-bond acceptors (Lipinski definition) is 6. The molecule has 0 saturated heterocycles. The van der Waals surface area contributed by atoms with Crippen molar-refractivity contribution in [3.63, 3.8) is 0 Å². The molecule has 0 aliphatic carbocycles. The fraction of sp³-hybridized carbons (Fsp3) is 0.500. The predicted octanol–water partition coefficient (Wildman–Crippen LogP) is 2.30. The summed E-state index contributed by atoms with van der Waals surface area (Å²) in [7, 11) is 0. The summed E-state index contributed by atoms with van der Waals surface area (Å²) in [5.74, 6) is -0.830. The second-order valence-corrected chi connectivity index (χ2v) is 5.84. The number of benzene rings is 1. The number of fused-ring (bicyclic) bond motifs is 1. The van der Waals surface area contributed by atoms with Gasteiger partial charge in [0.25, 0.3) is 11.6 Å². The SMILES string of the molecule is CCCOC(=O)CN1C(=O)C(C(C)C)Oc2cc([N+](=O)[O-])ccc21. The zero-order valence-corrected chi connectivity index (χ0v) is 13.9. The summed E-state index contributed by atoms with van der Waals surface area (Å²) >= 11 is 0. The topological polar surface area (TPSA) is 99.0 Å². The molecule has 1 aliphatic heterocycles. The van der Waals surface area contributed by atoms with Crippen LogP contribution in [0.15, 0.2) is 18.2 Å². The normalized spacial score (nSPS) is 16.6. The van der Waals surface area contributed by atoms with Gasteiger partial charge in [0.1, 0.15) is 6.54 Å². The highest BCUT2D eigenvalue weighted by molar-refractivity contribution is 6.03. The third-order valence-electron chi connectivity index (χ3n) is 3.57. The number of carbonyl (C=O) groups is 2. The van der Waals surface area contributed by atoms with E-state index in [0.29, 0.717) is 12.1 Å². The first-order chi connectivity index (χ1) is 11.3. The van der Waals surface area contributed by atoms with Gasteiger partial charge in [-0.25, -0.2) is 0 Å². The van der Waals surface area contributed by atoms with Crippen LogP contribution < -0.4 is 9.64 Å². The maximum atomic E-state index is 12.6. The Morgan fingerprint density at radius 2 is 2.17 bits per heavy atom. The summed E-state index contributed by atoms with van der Waals surface area (Å²) in [5, 5.41) is 10.9. The minimum absolute atomic E-state index is 0.140. The number of hydrogen-bond donors (Lipinski definition) is 0. The Bertz CT molecular complexity index is 658. The molecule has 1 atom stereocenters. The van der Waals surface area contributed by atoms with E-state index in [0.717, 1.165) is 0 Å². The van der Waals surface area contributed by atoms with Crippen molar-refractivity contribution < 1.29 is 24.0 Å². The van der Waals surface area contributed by atoms with E-state index in [1.807, 2.05) is 6.92 Å². The zero-order chi connectivity index (χ0) is 17.9. The van der Waals surface area contributed by atoms with Crippen LogP contribution in [0, 0.1) is 16.0 Å². The van der Waals surface area contributed by atoms with Gasteiger partial charge >= 0.3 is 5.97 Å². The number of rotatable bonds is 6. The van der Waals surface area contributed by atoms with Gasteiger partial charge in [-0.05, 0) is 18.4 Å². The Labute approximate surface area is 139 Å². The zero-order valence-electron chi connectivity index (χ0n) is 13.9. The van der Waals surface area contributed by atoms with E-state index >= 15 is 0 Å². The molecule has 0 radical (unpaired) electrons. The lowest BCUT2D eigenvalue weighted by Crippen LogP contribution is -2.50. The second kappa shape index (κ2) is 7.29. The van der Waals surface area contributed by atoms with Gasteiger partial charge in [-0.2, -0.15) is 0 Å². The summed E-state index contributed by atoms with van der Waals surface area (Å²) in [6, 6.07) is 3.95. The fourth-order valence-corrected chi connectivity index (χ4v) is 2.37. The molecule has 1 aliphatic rings. The number of ether oxygens (including phenoxy) is 2. The second-order valence-electron chi connectivity index (χ2n) is 5.84. The number of anilines is 1. The number of nitrogens with zero attached hydrogens (tertiary/aromatic N) is 2. The van der Waals surface area contributed by atoms with Crippen LogP contribution in [0.1, 0.15) is 27.2 Å². The molecule has 0 N–H and O–H groups in total. The van der Waals surface area contributed by atoms with Gasteiger partial charge < -0.3 is 9.47 Å². The molecule has 1 amide bonds. The smallest absolute Gasteiger partial charge is 0.326 e. The Hall–Kier alpha value is -2.64. The van der Waals surface area contributed by atoms with Crippen molar-refractivity contribution in [2.24, 2.45) is 5.92 Å². The number of nitro benzene ring substituents is 1. The summed E-state index contributed by atoms with van der Waals surface area (Å²) < 4.78 is 10.7. The summed E-state index contributed by atoms with van der Waals surface area (Å²) in [6.45, 7) is 5.50. The van der Waals surface area contributed by atoms with Crippen LogP contribution in [-0.2, 0) is 14.3 Å². The molecule has 1 heterocycles. The molecule has 130 valence electrons. The Balaban J connectivity index is 2.36. The molecule has 1 unspecified atom stereocenters. The molecule has 0 saturated carbocycles. The Kier molecular flexibility index (Phi) is 5.38. The van der Waals surface area contributed by atoms with Crippen LogP contribution in [0.25, 0.3) is 0 Å². The first-order valence-corrected chi connectivity index (χ1v) is 7.77. The van der Waals surface area contributed by atoms with Gasteiger partial charge in [0.05, 0.1) is 23.3 Å². The summed E-state index contributed by atoms with van der Waals surface area (Å²) in [6.07, 6.45) is -0.126. The highest BCUT2D eigenvalue weighted by atomic mass is 16.6. The van der Waals surface area contributed by atoms with Crippen LogP contribution in [0.2, 0.25) is 0 Å². The molecule has 2 rings (SSSR count). The van der Waals surface area contributed by atoms with E-state index in [9.17, 15) is 19.7 Å². The van der Waals surface area contributed by atoms with Crippen molar-refractivity contribution in [3.05, 3.63) is 28.3 Å². The maximum Gasteiger partial charge on any atom is 0.326 e. The highest BCUT2D eigenvalue weighted by Gasteiger charge is 2.38. The molecule has 24 heavy (non-hydrogen) atoms. The molecule has 1 aromatic rings. The first-order valence-electron chi connectivity index (χ1n) is 7.77. The molecule has 0 bridgehead atoms. The number of nitro groups is 1. The molecule has 0 spiro atoms. The average Bonchev–Trinajstić information content (AvgIpc) is 2.54. The van der Waals surface area contributed by atoms with E-state index in [2.05, 4.69) is 0 Å². The quantitative estimate of drug-likeness (QED) is 0.449. The van der Waals surface area contributed by atoms with Crippen molar-refractivity contribution in [3.8, 4) is 5.75 Å². The van der Waals surface area contributed by atoms with Crippen LogP contribution in [0.4, 0.5) is 11.4 Å². The van der Waals surface area contributed by atoms with Gasteiger partial charge in [0, 0.05) is 6.07 Å². The number of carbonyl (C=O) groups excluding carboxylic acids is 2. The molecular weight excluding hydrogens is 316 g/mol. The third-order valence-corrected chi connectivity index (χ3v) is 3.57. The number of amides is 1. The number of esters is 1. The lowest BCUT2D eigenvalue weighted by atomic mass is 10.0. The molecule has 8 nitrogen and oxygen atoms in total. The fourth-order valence-electron chi connectivity index (χ4n) is 2.37. The minimum atomic E-state index is -0.807.